The zero-order valence-corrected chi connectivity index (χ0v) is 7.94. The van der Waals surface area contributed by atoms with E-state index in [1.54, 1.807) is 12.5 Å². The highest BCUT2D eigenvalue weighted by atomic mass is 35.5. The molecule has 12 heavy (non-hydrogen) atoms. The lowest BCUT2D eigenvalue weighted by Gasteiger charge is -2.03. The molecule has 0 aliphatic carbocycles. The van der Waals surface area contributed by atoms with Crippen LogP contribution < -0.4 is 0 Å². The third-order valence-corrected chi connectivity index (χ3v) is 2.38. The summed E-state index contributed by atoms with van der Waals surface area (Å²) in [7, 11) is 0. The number of benzene rings is 1. The van der Waals surface area contributed by atoms with E-state index in [0.29, 0.717) is 16.5 Å². The van der Waals surface area contributed by atoms with E-state index in [9.17, 15) is 0 Å². The van der Waals surface area contributed by atoms with Gasteiger partial charge in [-0.25, -0.2) is 0 Å². The van der Waals surface area contributed by atoms with Gasteiger partial charge in [-0.3, -0.25) is 0 Å². The maximum Gasteiger partial charge on any atom is 0.0624 e. The van der Waals surface area contributed by atoms with Gasteiger partial charge in [0, 0.05) is 6.61 Å². The molecule has 1 N–H and O–H groups in total. The normalized spacial score (nSPS) is 10.2. The molecule has 0 fully saturated rings. The van der Waals surface area contributed by atoms with Crippen molar-refractivity contribution in [3.8, 4) is 0 Å². The highest BCUT2D eigenvalue weighted by molar-refractivity contribution is 6.42. The summed E-state index contributed by atoms with van der Waals surface area (Å²) in [6, 6.07) is 5.47. The molecule has 0 saturated heterocycles. The van der Waals surface area contributed by atoms with Gasteiger partial charge < -0.3 is 5.11 Å². The van der Waals surface area contributed by atoms with Gasteiger partial charge in [-0.05, 0) is 24.5 Å². The highest BCUT2D eigenvalue weighted by Crippen LogP contribution is 2.25. The Morgan fingerprint density at radius 2 is 2.08 bits per heavy atom. The maximum atomic E-state index is 8.56. The van der Waals surface area contributed by atoms with Crippen LogP contribution in [0.1, 0.15) is 5.56 Å². The van der Waals surface area contributed by atoms with Crippen LogP contribution >= 0.6 is 23.2 Å². The fraction of sp³-hybridized carbons (Fsp3) is 0.222. The van der Waals surface area contributed by atoms with Gasteiger partial charge >= 0.3 is 0 Å². The van der Waals surface area contributed by atoms with Crippen LogP contribution in [0.25, 0.3) is 0 Å². The van der Waals surface area contributed by atoms with E-state index in [1.165, 1.54) is 0 Å². The lowest BCUT2D eigenvalue weighted by Crippen LogP contribution is -1.91. The minimum Gasteiger partial charge on any atom is -0.396 e. The predicted molar refractivity (Wildman–Crippen MR) is 51.6 cm³/mol. The molecule has 0 amide bonds. The molecule has 0 aliphatic rings. The zero-order valence-electron chi connectivity index (χ0n) is 6.43. The first-order chi connectivity index (χ1) is 5.75. The number of hydrogen-bond acceptors (Lipinski definition) is 1. The van der Waals surface area contributed by atoms with Crippen LogP contribution in [0.2, 0.25) is 10.0 Å². The van der Waals surface area contributed by atoms with E-state index in [1.807, 2.05) is 12.1 Å². The van der Waals surface area contributed by atoms with Gasteiger partial charge in [0.1, 0.15) is 0 Å². The van der Waals surface area contributed by atoms with Crippen molar-refractivity contribution < 1.29 is 5.11 Å². The van der Waals surface area contributed by atoms with E-state index in [-0.39, 0.29) is 6.61 Å². The average Bonchev–Trinajstić information content (AvgIpc) is 2.08. The maximum absolute atomic E-state index is 8.56. The van der Waals surface area contributed by atoms with Crippen LogP contribution in [0.4, 0.5) is 0 Å². The zero-order chi connectivity index (χ0) is 8.97. The summed E-state index contributed by atoms with van der Waals surface area (Å²) in [5.74, 6) is 0. The molecule has 0 spiro atoms. The molecule has 1 aromatic rings. The first-order valence-electron chi connectivity index (χ1n) is 3.61. The summed E-state index contributed by atoms with van der Waals surface area (Å²) in [6.45, 7) is 0.0584. The summed E-state index contributed by atoms with van der Waals surface area (Å²) >= 11 is 11.7. The van der Waals surface area contributed by atoms with Crippen molar-refractivity contribution in [3.63, 3.8) is 0 Å². The van der Waals surface area contributed by atoms with Crippen molar-refractivity contribution in [2.24, 2.45) is 0 Å². The second-order valence-corrected chi connectivity index (χ2v) is 3.17. The molecule has 0 saturated carbocycles. The molecular formula is C9H9Cl2O. The van der Waals surface area contributed by atoms with Crippen molar-refractivity contribution in [1.82, 2.24) is 0 Å². The standard InChI is InChI=1S/C9H9Cl2O/c10-8-5-1-3-7(9(8)11)4-2-6-12/h1-3,5,12H,4,6H2. The number of hydrogen-bond donors (Lipinski definition) is 1. The molecule has 0 aromatic heterocycles. The molecule has 0 atom stereocenters. The van der Waals surface area contributed by atoms with E-state index < -0.39 is 0 Å². The van der Waals surface area contributed by atoms with Gasteiger partial charge in [0.15, 0.2) is 0 Å². The molecule has 0 bridgehead atoms. The first kappa shape index (κ1) is 9.85. The second kappa shape index (κ2) is 4.70. The van der Waals surface area contributed by atoms with Crippen molar-refractivity contribution in [1.29, 1.82) is 0 Å². The third kappa shape index (κ3) is 2.37. The molecule has 1 rings (SSSR count). The number of halogens is 2. The highest BCUT2D eigenvalue weighted by Gasteiger charge is 2.02. The Morgan fingerprint density at radius 1 is 1.33 bits per heavy atom. The monoisotopic (exact) mass is 203 g/mol. The van der Waals surface area contributed by atoms with Gasteiger partial charge in [-0.2, -0.15) is 0 Å². The van der Waals surface area contributed by atoms with E-state index >= 15 is 0 Å². The molecule has 1 radical (unpaired) electrons. The Hall–Kier alpha value is -0.240. The van der Waals surface area contributed by atoms with Gasteiger partial charge in [0.25, 0.3) is 0 Å². The van der Waals surface area contributed by atoms with Gasteiger partial charge in [-0.1, -0.05) is 35.3 Å². The molecule has 3 heteroatoms. The summed E-state index contributed by atoms with van der Waals surface area (Å²) in [5, 5.41) is 9.69. The number of aliphatic hydroxyl groups is 1. The third-order valence-electron chi connectivity index (χ3n) is 1.52. The largest absolute Gasteiger partial charge is 0.396 e. The summed E-state index contributed by atoms with van der Waals surface area (Å²) in [5.41, 5.74) is 0.943. The fourth-order valence-corrected chi connectivity index (χ4v) is 1.32. The van der Waals surface area contributed by atoms with E-state index in [4.69, 9.17) is 28.3 Å². The molecule has 0 unspecified atom stereocenters. The molecule has 65 valence electrons. The topological polar surface area (TPSA) is 20.2 Å². The smallest absolute Gasteiger partial charge is 0.0624 e. The average molecular weight is 204 g/mol. The Bertz CT molecular complexity index is 261. The lowest BCUT2D eigenvalue weighted by atomic mass is 10.1. The van der Waals surface area contributed by atoms with Gasteiger partial charge in [0.2, 0.25) is 0 Å². The number of aliphatic hydroxyl groups excluding tert-OH is 1. The Kier molecular flexibility index (Phi) is 3.86. The minimum atomic E-state index is 0.0584. The Balaban J connectivity index is 2.78. The van der Waals surface area contributed by atoms with E-state index in [2.05, 4.69) is 0 Å². The molecule has 1 aromatic carbocycles. The molecule has 0 heterocycles. The lowest BCUT2D eigenvalue weighted by molar-refractivity contribution is 0.325. The summed E-state index contributed by atoms with van der Waals surface area (Å²) in [6.07, 6.45) is 2.38. The Labute approximate surface area is 81.9 Å². The van der Waals surface area contributed by atoms with Crippen molar-refractivity contribution in [2.75, 3.05) is 6.61 Å². The van der Waals surface area contributed by atoms with Crippen molar-refractivity contribution >= 4 is 23.2 Å². The SMILES string of the molecule is OC[CH]Cc1cccc(Cl)c1Cl. The van der Waals surface area contributed by atoms with Crippen molar-refractivity contribution in [2.45, 2.75) is 6.42 Å². The van der Waals surface area contributed by atoms with Crippen LogP contribution in [-0.2, 0) is 6.42 Å². The van der Waals surface area contributed by atoms with Crippen LogP contribution in [0, 0.1) is 6.42 Å². The van der Waals surface area contributed by atoms with Crippen LogP contribution in [-0.4, -0.2) is 11.7 Å². The molecule has 0 aliphatic heterocycles. The van der Waals surface area contributed by atoms with Crippen LogP contribution in [0.15, 0.2) is 18.2 Å². The predicted octanol–water partition coefficient (Wildman–Crippen LogP) is 2.73. The molecular weight excluding hydrogens is 195 g/mol. The number of rotatable bonds is 3. The first-order valence-corrected chi connectivity index (χ1v) is 4.36. The van der Waals surface area contributed by atoms with Gasteiger partial charge in [0.05, 0.1) is 10.0 Å². The summed E-state index contributed by atoms with van der Waals surface area (Å²) < 4.78 is 0. The minimum absolute atomic E-state index is 0.0584. The van der Waals surface area contributed by atoms with Crippen LogP contribution in [0.5, 0.6) is 0 Å². The molecule has 1 nitrogen and oxygen atoms in total. The quantitative estimate of drug-likeness (QED) is 0.802. The van der Waals surface area contributed by atoms with Gasteiger partial charge in [-0.15, -0.1) is 0 Å². The van der Waals surface area contributed by atoms with Crippen molar-refractivity contribution in [3.05, 3.63) is 40.2 Å². The van der Waals surface area contributed by atoms with E-state index in [0.717, 1.165) is 5.56 Å². The fourth-order valence-electron chi connectivity index (χ4n) is 0.926. The van der Waals surface area contributed by atoms with Crippen LogP contribution in [0.3, 0.4) is 0 Å². The summed E-state index contributed by atoms with van der Waals surface area (Å²) in [4.78, 5) is 0. The Morgan fingerprint density at radius 3 is 2.75 bits per heavy atom. The second-order valence-electron chi connectivity index (χ2n) is 2.39.